The molecule has 1 aromatic rings. The number of anilines is 1. The van der Waals surface area contributed by atoms with Crippen molar-refractivity contribution in [1.29, 1.82) is 0 Å². The van der Waals surface area contributed by atoms with Crippen LogP contribution in [-0.4, -0.2) is 22.5 Å². The molecule has 82 valence electrons. The molecule has 0 unspecified atom stereocenters. The summed E-state index contributed by atoms with van der Waals surface area (Å²) in [6.45, 7) is 4.32. The minimum absolute atomic E-state index is 0.179. The standard InChI is InChI=1S/C11H17N3O/c1-3-4-10-5-6-11(14-13-10)12-8-7-9(2)15/h5-6H,3-4,7-8H2,1-2H3,(H,12,14). The Bertz CT molecular complexity index is 308. The average molecular weight is 207 g/mol. The zero-order valence-electron chi connectivity index (χ0n) is 9.29. The summed E-state index contributed by atoms with van der Waals surface area (Å²) in [4.78, 5) is 10.7. The summed E-state index contributed by atoms with van der Waals surface area (Å²) in [5.41, 5.74) is 1.01. The third-order valence-electron chi connectivity index (χ3n) is 2.01. The second-order valence-corrected chi connectivity index (χ2v) is 3.54. The van der Waals surface area contributed by atoms with Crippen molar-refractivity contribution in [1.82, 2.24) is 10.2 Å². The van der Waals surface area contributed by atoms with Crippen LogP contribution in [0, 0.1) is 0 Å². The first-order chi connectivity index (χ1) is 7.22. The topological polar surface area (TPSA) is 54.9 Å². The summed E-state index contributed by atoms with van der Waals surface area (Å²) in [5.74, 6) is 0.911. The van der Waals surface area contributed by atoms with Crippen LogP contribution in [0.15, 0.2) is 12.1 Å². The zero-order chi connectivity index (χ0) is 11.1. The Morgan fingerprint density at radius 1 is 1.40 bits per heavy atom. The van der Waals surface area contributed by atoms with Gasteiger partial charge in [0.25, 0.3) is 0 Å². The molecule has 1 aromatic heterocycles. The number of Topliss-reactive ketones (excluding diaryl/α,β-unsaturated/α-hetero) is 1. The molecule has 0 aliphatic rings. The highest BCUT2D eigenvalue weighted by Gasteiger charge is 1.97. The summed E-state index contributed by atoms with van der Waals surface area (Å²) in [6, 6.07) is 3.87. The lowest BCUT2D eigenvalue weighted by molar-refractivity contribution is -0.116. The maximum Gasteiger partial charge on any atom is 0.148 e. The molecular formula is C11H17N3O. The lowest BCUT2D eigenvalue weighted by Crippen LogP contribution is -2.08. The smallest absolute Gasteiger partial charge is 0.148 e. The molecule has 0 amide bonds. The fourth-order valence-electron chi connectivity index (χ4n) is 1.21. The first-order valence-corrected chi connectivity index (χ1v) is 5.28. The van der Waals surface area contributed by atoms with E-state index in [-0.39, 0.29) is 5.78 Å². The summed E-state index contributed by atoms with van der Waals surface area (Å²) < 4.78 is 0. The van der Waals surface area contributed by atoms with Gasteiger partial charge in [-0.05, 0) is 25.5 Å². The molecule has 0 atom stereocenters. The van der Waals surface area contributed by atoms with Gasteiger partial charge in [-0.1, -0.05) is 13.3 Å². The van der Waals surface area contributed by atoms with Crippen molar-refractivity contribution in [2.24, 2.45) is 0 Å². The van der Waals surface area contributed by atoms with E-state index in [1.165, 1.54) is 0 Å². The number of carbonyl (C=O) groups is 1. The molecule has 1 heterocycles. The molecule has 4 heteroatoms. The second kappa shape index (κ2) is 6.11. The minimum atomic E-state index is 0.179. The van der Waals surface area contributed by atoms with Gasteiger partial charge in [0.15, 0.2) is 0 Å². The molecule has 0 bridgehead atoms. The van der Waals surface area contributed by atoms with Crippen LogP contribution in [-0.2, 0) is 11.2 Å². The summed E-state index contributed by atoms with van der Waals surface area (Å²) in [7, 11) is 0. The van der Waals surface area contributed by atoms with Crippen molar-refractivity contribution in [3.8, 4) is 0 Å². The highest BCUT2D eigenvalue weighted by molar-refractivity contribution is 5.75. The van der Waals surface area contributed by atoms with Gasteiger partial charge in [0.2, 0.25) is 0 Å². The molecule has 0 fully saturated rings. The van der Waals surface area contributed by atoms with E-state index in [4.69, 9.17) is 0 Å². The van der Waals surface area contributed by atoms with Gasteiger partial charge in [0, 0.05) is 13.0 Å². The first kappa shape index (κ1) is 11.6. The molecule has 0 spiro atoms. The molecule has 0 aliphatic heterocycles. The minimum Gasteiger partial charge on any atom is -0.368 e. The fourth-order valence-corrected chi connectivity index (χ4v) is 1.21. The Hall–Kier alpha value is -1.45. The predicted octanol–water partition coefficient (Wildman–Crippen LogP) is 1.82. The molecule has 0 aromatic carbocycles. The van der Waals surface area contributed by atoms with Crippen molar-refractivity contribution >= 4 is 11.6 Å². The van der Waals surface area contributed by atoms with Crippen LogP contribution < -0.4 is 5.32 Å². The van der Waals surface area contributed by atoms with E-state index in [1.807, 2.05) is 12.1 Å². The van der Waals surface area contributed by atoms with Gasteiger partial charge in [-0.3, -0.25) is 4.79 Å². The van der Waals surface area contributed by atoms with E-state index >= 15 is 0 Å². The molecular weight excluding hydrogens is 190 g/mol. The third-order valence-corrected chi connectivity index (χ3v) is 2.01. The zero-order valence-corrected chi connectivity index (χ0v) is 9.29. The van der Waals surface area contributed by atoms with Crippen molar-refractivity contribution < 1.29 is 4.79 Å². The number of carbonyl (C=O) groups excluding carboxylic acids is 1. The summed E-state index contributed by atoms with van der Waals surface area (Å²) >= 11 is 0. The molecule has 1 N–H and O–H groups in total. The maximum absolute atomic E-state index is 10.7. The van der Waals surface area contributed by atoms with Gasteiger partial charge in [0.1, 0.15) is 11.6 Å². The van der Waals surface area contributed by atoms with Crippen LogP contribution in [0.2, 0.25) is 0 Å². The van der Waals surface area contributed by atoms with E-state index < -0.39 is 0 Å². The van der Waals surface area contributed by atoms with E-state index in [0.717, 1.165) is 24.4 Å². The lowest BCUT2D eigenvalue weighted by Gasteiger charge is -2.03. The number of ketones is 1. The highest BCUT2D eigenvalue weighted by atomic mass is 16.1. The first-order valence-electron chi connectivity index (χ1n) is 5.28. The van der Waals surface area contributed by atoms with E-state index in [0.29, 0.717) is 13.0 Å². The van der Waals surface area contributed by atoms with Crippen LogP contribution >= 0.6 is 0 Å². The Morgan fingerprint density at radius 2 is 2.20 bits per heavy atom. The fraction of sp³-hybridized carbons (Fsp3) is 0.545. The Morgan fingerprint density at radius 3 is 2.73 bits per heavy atom. The van der Waals surface area contributed by atoms with Crippen molar-refractivity contribution in [3.63, 3.8) is 0 Å². The highest BCUT2D eigenvalue weighted by Crippen LogP contribution is 2.03. The van der Waals surface area contributed by atoms with Crippen LogP contribution in [0.5, 0.6) is 0 Å². The maximum atomic E-state index is 10.7. The molecule has 1 rings (SSSR count). The van der Waals surface area contributed by atoms with Gasteiger partial charge >= 0.3 is 0 Å². The van der Waals surface area contributed by atoms with E-state index in [1.54, 1.807) is 6.92 Å². The SMILES string of the molecule is CCCc1ccc(NCCC(C)=O)nn1. The number of aromatic nitrogens is 2. The predicted molar refractivity (Wildman–Crippen MR) is 59.8 cm³/mol. The second-order valence-electron chi connectivity index (χ2n) is 3.54. The Labute approximate surface area is 90.1 Å². The Balaban J connectivity index is 2.39. The molecule has 4 nitrogen and oxygen atoms in total. The number of rotatable bonds is 6. The molecule has 15 heavy (non-hydrogen) atoms. The third kappa shape index (κ3) is 4.54. The van der Waals surface area contributed by atoms with Gasteiger partial charge in [0.05, 0.1) is 5.69 Å². The molecule has 0 saturated carbocycles. The van der Waals surface area contributed by atoms with Gasteiger partial charge in [-0.15, -0.1) is 5.10 Å². The van der Waals surface area contributed by atoms with E-state index in [9.17, 15) is 4.79 Å². The van der Waals surface area contributed by atoms with Gasteiger partial charge < -0.3 is 5.32 Å². The van der Waals surface area contributed by atoms with Crippen molar-refractivity contribution in [2.45, 2.75) is 33.1 Å². The number of nitrogens with one attached hydrogen (secondary N) is 1. The summed E-state index contributed by atoms with van der Waals surface area (Å²) in [5, 5.41) is 11.1. The Kier molecular flexibility index (Phi) is 4.74. The van der Waals surface area contributed by atoms with E-state index in [2.05, 4.69) is 22.4 Å². The van der Waals surface area contributed by atoms with Crippen molar-refractivity contribution in [3.05, 3.63) is 17.8 Å². The van der Waals surface area contributed by atoms with Gasteiger partial charge in [-0.2, -0.15) is 5.10 Å². The number of aryl methyl sites for hydroxylation is 1. The normalized spacial score (nSPS) is 10.0. The van der Waals surface area contributed by atoms with Crippen LogP contribution in [0.1, 0.15) is 32.4 Å². The summed E-state index contributed by atoms with van der Waals surface area (Å²) in [6.07, 6.45) is 2.56. The van der Waals surface area contributed by atoms with Crippen molar-refractivity contribution in [2.75, 3.05) is 11.9 Å². The quantitative estimate of drug-likeness (QED) is 0.773. The molecule has 0 aliphatic carbocycles. The molecule has 0 saturated heterocycles. The number of hydrogen-bond acceptors (Lipinski definition) is 4. The lowest BCUT2D eigenvalue weighted by atomic mass is 10.2. The number of hydrogen-bond donors (Lipinski definition) is 1. The monoisotopic (exact) mass is 207 g/mol. The largest absolute Gasteiger partial charge is 0.368 e. The molecule has 0 radical (unpaired) electrons. The number of nitrogens with zero attached hydrogens (tertiary/aromatic N) is 2. The van der Waals surface area contributed by atoms with Crippen LogP contribution in [0.25, 0.3) is 0 Å². The van der Waals surface area contributed by atoms with Crippen LogP contribution in [0.3, 0.4) is 0 Å². The van der Waals surface area contributed by atoms with Crippen LogP contribution in [0.4, 0.5) is 5.82 Å². The van der Waals surface area contributed by atoms with Gasteiger partial charge in [-0.25, -0.2) is 0 Å². The average Bonchev–Trinajstić information content (AvgIpc) is 2.20.